The van der Waals surface area contributed by atoms with E-state index < -0.39 is 12.1 Å². The van der Waals surface area contributed by atoms with E-state index in [2.05, 4.69) is 12.2 Å². The lowest BCUT2D eigenvalue weighted by molar-refractivity contribution is 0.0697. The van der Waals surface area contributed by atoms with Gasteiger partial charge in [-0.25, -0.2) is 4.79 Å². The number of aliphatic hydroxyl groups is 1. The summed E-state index contributed by atoms with van der Waals surface area (Å²) in [6.45, 7) is 2.79. The fraction of sp³-hybridized carbons (Fsp3) is 0.269. The molecule has 2 atom stereocenters. The zero-order valence-electron chi connectivity index (χ0n) is 18.1. The normalized spacial score (nSPS) is 12.7. The average Bonchev–Trinajstić information content (AvgIpc) is 2.80. The quantitative estimate of drug-likeness (QED) is 0.295. The molecule has 0 aliphatic carbocycles. The van der Waals surface area contributed by atoms with Crippen molar-refractivity contribution in [2.24, 2.45) is 0 Å². The second-order valence-corrected chi connectivity index (χ2v) is 7.69. The average molecular weight is 436 g/mol. The van der Waals surface area contributed by atoms with E-state index in [0.717, 1.165) is 29.8 Å². The molecule has 168 valence electrons. The Labute approximate surface area is 188 Å². The first-order chi connectivity index (χ1) is 15.5. The maximum Gasteiger partial charge on any atom is 0.335 e. The molecule has 0 bridgehead atoms. The minimum absolute atomic E-state index is 0.146. The van der Waals surface area contributed by atoms with E-state index >= 15 is 0 Å². The first-order valence-corrected chi connectivity index (χ1v) is 10.8. The summed E-state index contributed by atoms with van der Waals surface area (Å²) in [5, 5.41) is 32.8. The van der Waals surface area contributed by atoms with Gasteiger partial charge in [-0.2, -0.15) is 0 Å². The van der Waals surface area contributed by atoms with E-state index in [0.29, 0.717) is 18.6 Å². The van der Waals surface area contributed by atoms with Crippen LogP contribution < -0.4 is 10.1 Å². The van der Waals surface area contributed by atoms with Crippen molar-refractivity contribution in [2.75, 3.05) is 11.9 Å². The van der Waals surface area contributed by atoms with E-state index in [1.807, 2.05) is 24.3 Å². The third-order valence-electron chi connectivity index (χ3n) is 5.26. The number of phenolic OH excluding ortho intramolecular Hbond substituents is 1. The molecule has 6 nitrogen and oxygen atoms in total. The molecule has 3 aromatic rings. The fourth-order valence-electron chi connectivity index (χ4n) is 3.38. The van der Waals surface area contributed by atoms with Gasteiger partial charge < -0.3 is 25.4 Å². The van der Waals surface area contributed by atoms with Crippen molar-refractivity contribution in [1.82, 2.24) is 0 Å². The molecule has 2 unspecified atom stereocenters. The van der Waals surface area contributed by atoms with Gasteiger partial charge in [0.1, 0.15) is 11.5 Å². The van der Waals surface area contributed by atoms with Crippen molar-refractivity contribution in [3.8, 4) is 11.5 Å². The van der Waals surface area contributed by atoms with Crippen LogP contribution in [0.5, 0.6) is 11.5 Å². The number of nitrogens with one attached hydrogen (secondary N) is 1. The number of anilines is 1. The van der Waals surface area contributed by atoms with E-state index in [1.165, 1.54) is 0 Å². The molecular formula is C26H29NO5. The number of hydrogen-bond acceptors (Lipinski definition) is 5. The molecule has 0 amide bonds. The Morgan fingerprint density at radius 2 is 1.56 bits per heavy atom. The zero-order valence-corrected chi connectivity index (χ0v) is 18.1. The highest BCUT2D eigenvalue weighted by atomic mass is 16.5. The molecule has 0 saturated carbocycles. The number of carboxylic acids is 1. The lowest BCUT2D eigenvalue weighted by Gasteiger charge is -2.24. The molecule has 3 aromatic carbocycles. The number of rotatable bonds is 11. The summed E-state index contributed by atoms with van der Waals surface area (Å²) in [7, 11) is 0. The minimum atomic E-state index is -0.977. The molecule has 0 spiro atoms. The Bertz CT molecular complexity index is 984. The summed E-state index contributed by atoms with van der Waals surface area (Å²) in [6.07, 6.45) is 1.69. The van der Waals surface area contributed by atoms with E-state index in [9.17, 15) is 15.0 Å². The van der Waals surface area contributed by atoms with Crippen LogP contribution in [-0.2, 0) is 0 Å². The molecule has 0 aromatic heterocycles. The van der Waals surface area contributed by atoms with Gasteiger partial charge in [0.25, 0.3) is 0 Å². The van der Waals surface area contributed by atoms with Crippen LogP contribution in [0.4, 0.5) is 5.69 Å². The predicted octanol–water partition coefficient (Wildman–Crippen LogP) is 5.55. The molecule has 0 radical (unpaired) electrons. The smallest absolute Gasteiger partial charge is 0.335 e. The Kier molecular flexibility index (Phi) is 8.11. The van der Waals surface area contributed by atoms with Gasteiger partial charge in [-0.05, 0) is 66.1 Å². The number of unbranched alkanes of at least 4 members (excludes halogenated alkanes) is 1. The Hall–Kier alpha value is -3.51. The second-order valence-electron chi connectivity index (χ2n) is 7.69. The van der Waals surface area contributed by atoms with Crippen molar-refractivity contribution in [1.29, 1.82) is 0 Å². The van der Waals surface area contributed by atoms with Gasteiger partial charge in [-0.3, -0.25) is 0 Å². The van der Waals surface area contributed by atoms with Crippen molar-refractivity contribution in [3.05, 3.63) is 89.5 Å². The van der Waals surface area contributed by atoms with Gasteiger partial charge in [0.05, 0.1) is 24.3 Å². The first kappa shape index (κ1) is 23.2. The number of carboxylic acid groups (broad SMARTS) is 1. The summed E-state index contributed by atoms with van der Waals surface area (Å²) in [5.41, 5.74) is 2.63. The molecule has 0 heterocycles. The highest BCUT2D eigenvalue weighted by Gasteiger charge is 2.19. The molecule has 3 rings (SSSR count). The predicted molar refractivity (Wildman–Crippen MR) is 124 cm³/mol. The summed E-state index contributed by atoms with van der Waals surface area (Å²) in [4.78, 5) is 11.1. The first-order valence-electron chi connectivity index (χ1n) is 10.8. The molecule has 6 heteroatoms. The number of ether oxygens (including phenoxy) is 1. The van der Waals surface area contributed by atoms with Crippen molar-refractivity contribution >= 4 is 11.7 Å². The number of benzene rings is 3. The number of carbonyl (C=O) groups is 1. The van der Waals surface area contributed by atoms with Crippen molar-refractivity contribution in [3.63, 3.8) is 0 Å². The van der Waals surface area contributed by atoms with Gasteiger partial charge >= 0.3 is 5.97 Å². The highest BCUT2D eigenvalue weighted by Crippen LogP contribution is 2.31. The fourth-order valence-corrected chi connectivity index (χ4v) is 3.38. The molecular weight excluding hydrogens is 406 g/mol. The number of phenols is 1. The van der Waals surface area contributed by atoms with E-state index in [1.54, 1.807) is 48.5 Å². The standard InChI is InChI=1S/C26H29NO5/c1-2-3-16-32-23-14-8-18(9-15-23)24(17-25(29)19-6-12-22(28)13-7-19)27-21-10-4-20(5-11-21)26(30)31/h4-15,24-25,27-29H,2-3,16-17H2,1H3,(H,30,31). The minimum Gasteiger partial charge on any atom is -0.508 e. The van der Waals surface area contributed by atoms with Crippen LogP contribution in [0.3, 0.4) is 0 Å². The number of hydrogen-bond donors (Lipinski definition) is 4. The molecule has 0 saturated heterocycles. The van der Waals surface area contributed by atoms with Gasteiger partial charge in [-0.15, -0.1) is 0 Å². The number of aromatic hydroxyl groups is 1. The molecule has 4 N–H and O–H groups in total. The van der Waals surface area contributed by atoms with Crippen LogP contribution in [-0.4, -0.2) is 27.9 Å². The van der Waals surface area contributed by atoms with Crippen molar-refractivity contribution < 1.29 is 24.9 Å². The third kappa shape index (κ3) is 6.49. The molecule has 0 aliphatic heterocycles. The molecule has 0 aliphatic rings. The van der Waals surface area contributed by atoms with Crippen molar-refractivity contribution in [2.45, 2.75) is 38.3 Å². The molecule has 0 fully saturated rings. The lowest BCUT2D eigenvalue weighted by atomic mass is 9.96. The maximum atomic E-state index is 11.1. The van der Waals surface area contributed by atoms with Crippen LogP contribution in [0, 0.1) is 0 Å². The summed E-state index contributed by atoms with van der Waals surface area (Å²) in [5.74, 6) is -0.0341. The van der Waals surface area contributed by atoms with E-state index in [-0.39, 0.29) is 17.4 Å². The highest BCUT2D eigenvalue weighted by molar-refractivity contribution is 5.88. The summed E-state index contributed by atoms with van der Waals surface area (Å²) in [6, 6.07) is 20.5. The Balaban J connectivity index is 1.79. The third-order valence-corrected chi connectivity index (χ3v) is 5.26. The largest absolute Gasteiger partial charge is 0.508 e. The van der Waals surface area contributed by atoms with Gasteiger partial charge in [0.2, 0.25) is 0 Å². The SMILES string of the molecule is CCCCOc1ccc(C(CC(O)c2ccc(O)cc2)Nc2ccc(C(=O)O)cc2)cc1. The molecule has 32 heavy (non-hydrogen) atoms. The van der Waals surface area contributed by atoms with Gasteiger partial charge in [0, 0.05) is 12.1 Å². The van der Waals surface area contributed by atoms with Crippen LogP contribution in [0.15, 0.2) is 72.8 Å². The summed E-state index contributed by atoms with van der Waals surface area (Å²) < 4.78 is 5.75. The summed E-state index contributed by atoms with van der Waals surface area (Å²) >= 11 is 0. The van der Waals surface area contributed by atoms with Crippen LogP contribution >= 0.6 is 0 Å². The van der Waals surface area contributed by atoms with Crippen LogP contribution in [0.2, 0.25) is 0 Å². The maximum absolute atomic E-state index is 11.1. The van der Waals surface area contributed by atoms with Gasteiger partial charge in [0.15, 0.2) is 0 Å². The topological polar surface area (TPSA) is 99.0 Å². The monoisotopic (exact) mass is 435 g/mol. The van der Waals surface area contributed by atoms with Crippen LogP contribution in [0.1, 0.15) is 59.8 Å². The number of aliphatic hydroxyl groups excluding tert-OH is 1. The van der Waals surface area contributed by atoms with E-state index in [4.69, 9.17) is 9.84 Å². The zero-order chi connectivity index (χ0) is 22.9. The van der Waals surface area contributed by atoms with Crippen LogP contribution in [0.25, 0.3) is 0 Å². The second kappa shape index (κ2) is 11.2. The Morgan fingerprint density at radius 3 is 2.16 bits per heavy atom. The lowest BCUT2D eigenvalue weighted by Crippen LogP contribution is -2.15. The van der Waals surface area contributed by atoms with Gasteiger partial charge in [-0.1, -0.05) is 37.6 Å². The Morgan fingerprint density at radius 1 is 0.938 bits per heavy atom. The number of aromatic carboxylic acids is 1.